The van der Waals surface area contributed by atoms with Gasteiger partial charge in [-0.25, -0.2) is 4.98 Å². The number of aliphatic hydroxyl groups is 1. The summed E-state index contributed by atoms with van der Waals surface area (Å²) >= 11 is 0. The van der Waals surface area contributed by atoms with Crippen molar-refractivity contribution < 1.29 is 14.6 Å². The minimum atomic E-state index is -0.365. The molecule has 0 atom stereocenters. The second-order valence-corrected chi connectivity index (χ2v) is 7.59. The smallest absolute Gasteiger partial charge is 0.261 e. The molecule has 0 fully saturated rings. The molecule has 31 heavy (non-hydrogen) atoms. The molecular weight excluding hydrogens is 392 g/mol. The molecule has 1 amide bonds. The predicted molar refractivity (Wildman–Crippen MR) is 121 cm³/mol. The van der Waals surface area contributed by atoms with Crippen molar-refractivity contribution >= 4 is 22.8 Å². The maximum absolute atomic E-state index is 13.0. The molecule has 3 aromatic rings. The van der Waals surface area contributed by atoms with Gasteiger partial charge in [-0.3, -0.25) is 4.79 Å². The quantitative estimate of drug-likeness (QED) is 0.456. The lowest BCUT2D eigenvalue weighted by atomic mass is 9.97. The van der Waals surface area contributed by atoms with E-state index in [1.54, 1.807) is 12.1 Å². The lowest BCUT2D eigenvalue weighted by Gasteiger charge is -2.16. The minimum absolute atomic E-state index is 0.0731. The van der Waals surface area contributed by atoms with E-state index in [9.17, 15) is 9.90 Å². The van der Waals surface area contributed by atoms with Gasteiger partial charge in [0.2, 0.25) is 0 Å². The van der Waals surface area contributed by atoms with Crippen molar-refractivity contribution in [3.8, 4) is 5.75 Å². The van der Waals surface area contributed by atoms with E-state index < -0.39 is 0 Å². The Kier molecular flexibility index (Phi) is 6.52. The van der Waals surface area contributed by atoms with Crippen LogP contribution in [0.25, 0.3) is 11.2 Å². The van der Waals surface area contributed by atoms with Gasteiger partial charge in [0.05, 0.1) is 5.69 Å². The number of nitrogens with zero attached hydrogens (tertiary/aromatic N) is 2. The zero-order valence-electron chi connectivity index (χ0n) is 17.7. The number of aromatic nitrogens is 2. The number of aliphatic hydroxyl groups excluding tert-OH is 1. The van der Waals surface area contributed by atoms with Gasteiger partial charge < -0.3 is 24.9 Å². The van der Waals surface area contributed by atoms with Crippen molar-refractivity contribution in [3.63, 3.8) is 0 Å². The van der Waals surface area contributed by atoms with Gasteiger partial charge in [0.25, 0.3) is 5.91 Å². The number of fused-ring (bicyclic) bond motifs is 3. The first-order valence-corrected chi connectivity index (χ1v) is 10.8. The van der Waals surface area contributed by atoms with Crippen LogP contribution in [0.5, 0.6) is 5.75 Å². The third-order valence-electron chi connectivity index (χ3n) is 5.35. The minimum Gasteiger partial charge on any atom is -0.511 e. The summed E-state index contributed by atoms with van der Waals surface area (Å²) in [6.45, 7) is 4.56. The molecule has 7 heteroatoms. The zero-order valence-corrected chi connectivity index (χ0v) is 17.7. The van der Waals surface area contributed by atoms with Crippen molar-refractivity contribution in [3.05, 3.63) is 65.8 Å². The Balaban J connectivity index is 1.40. The van der Waals surface area contributed by atoms with E-state index in [1.165, 1.54) is 6.42 Å². The van der Waals surface area contributed by atoms with Gasteiger partial charge in [0, 0.05) is 24.8 Å². The number of benzene rings is 1. The van der Waals surface area contributed by atoms with Crippen LogP contribution in [0.4, 0.5) is 5.69 Å². The first-order chi connectivity index (χ1) is 15.2. The number of carbonyl (C=O) groups is 1. The van der Waals surface area contributed by atoms with E-state index in [0.717, 1.165) is 36.6 Å². The molecule has 0 bridgehead atoms. The van der Waals surface area contributed by atoms with Crippen molar-refractivity contribution in [1.82, 2.24) is 14.7 Å². The summed E-state index contributed by atoms with van der Waals surface area (Å²) in [4.78, 5) is 17.6. The molecule has 4 rings (SSSR count). The number of pyridine rings is 1. The van der Waals surface area contributed by atoms with E-state index in [-0.39, 0.29) is 17.2 Å². The van der Waals surface area contributed by atoms with E-state index in [1.807, 2.05) is 40.9 Å². The van der Waals surface area contributed by atoms with Gasteiger partial charge in [-0.2, -0.15) is 0 Å². The number of imidazole rings is 1. The van der Waals surface area contributed by atoms with Crippen LogP contribution in [0.1, 0.15) is 37.6 Å². The highest BCUT2D eigenvalue weighted by atomic mass is 16.5. The van der Waals surface area contributed by atoms with Crippen LogP contribution in [0.2, 0.25) is 0 Å². The van der Waals surface area contributed by atoms with Gasteiger partial charge in [-0.05, 0) is 55.8 Å². The highest BCUT2D eigenvalue weighted by Crippen LogP contribution is 2.31. The fourth-order valence-corrected chi connectivity index (χ4v) is 3.72. The largest absolute Gasteiger partial charge is 0.511 e. The van der Waals surface area contributed by atoms with Crippen molar-refractivity contribution in [2.24, 2.45) is 0 Å². The van der Waals surface area contributed by atoms with Crippen molar-refractivity contribution in [1.29, 1.82) is 0 Å². The van der Waals surface area contributed by atoms with Crippen LogP contribution in [0.15, 0.2) is 54.4 Å². The molecule has 162 valence electrons. The van der Waals surface area contributed by atoms with Crippen molar-refractivity contribution in [2.45, 2.75) is 32.6 Å². The summed E-state index contributed by atoms with van der Waals surface area (Å²) in [5, 5.41) is 16.7. The van der Waals surface area contributed by atoms with Gasteiger partial charge in [0.1, 0.15) is 35.0 Å². The monoisotopic (exact) mass is 420 g/mol. The highest BCUT2D eigenvalue weighted by Gasteiger charge is 2.28. The number of ether oxygens (including phenoxy) is 1. The number of unbranched alkanes of at least 4 members (excludes halogenated alkanes) is 1. The summed E-state index contributed by atoms with van der Waals surface area (Å²) in [6, 6.07) is 13.0. The van der Waals surface area contributed by atoms with Crippen molar-refractivity contribution in [2.75, 3.05) is 25.0 Å². The third-order valence-corrected chi connectivity index (χ3v) is 5.35. The molecule has 0 saturated heterocycles. The van der Waals surface area contributed by atoms with E-state index in [4.69, 9.17) is 4.74 Å². The molecular formula is C24H28N4O3. The molecule has 0 unspecified atom stereocenters. The van der Waals surface area contributed by atoms with Crippen LogP contribution < -0.4 is 15.4 Å². The van der Waals surface area contributed by atoms with Gasteiger partial charge >= 0.3 is 0 Å². The van der Waals surface area contributed by atoms with Crippen LogP contribution in [0.3, 0.4) is 0 Å². The van der Waals surface area contributed by atoms with Gasteiger partial charge in [-0.15, -0.1) is 0 Å². The molecule has 2 aromatic heterocycles. The number of aryl methyl sites for hydroxylation is 1. The normalized spacial score (nSPS) is 13.3. The molecule has 0 spiro atoms. The third kappa shape index (κ3) is 4.72. The van der Waals surface area contributed by atoms with Crippen LogP contribution in [0, 0.1) is 0 Å². The van der Waals surface area contributed by atoms with E-state index in [2.05, 4.69) is 22.5 Å². The lowest BCUT2D eigenvalue weighted by Crippen LogP contribution is -2.22. The second-order valence-electron chi connectivity index (χ2n) is 7.59. The lowest BCUT2D eigenvalue weighted by molar-refractivity contribution is -0.111. The number of allylic oxidation sites excluding steroid dienone is 1. The second kappa shape index (κ2) is 9.66. The average Bonchev–Trinajstić information content (AvgIpc) is 3.15. The molecule has 1 aliphatic carbocycles. The number of hydrogen-bond acceptors (Lipinski definition) is 5. The van der Waals surface area contributed by atoms with Crippen LogP contribution in [-0.2, 0) is 11.2 Å². The Morgan fingerprint density at radius 2 is 2.00 bits per heavy atom. The van der Waals surface area contributed by atoms with E-state index in [0.29, 0.717) is 30.8 Å². The summed E-state index contributed by atoms with van der Waals surface area (Å²) in [5.74, 6) is 0.456. The predicted octanol–water partition coefficient (Wildman–Crippen LogP) is 3.96. The van der Waals surface area contributed by atoms with Crippen LogP contribution >= 0.6 is 0 Å². The highest BCUT2D eigenvalue weighted by molar-refractivity contribution is 6.26. The molecule has 1 aromatic carbocycles. The summed E-state index contributed by atoms with van der Waals surface area (Å²) in [6.07, 6.45) is 5.32. The molecule has 1 aliphatic rings. The number of rotatable bonds is 9. The molecule has 0 aliphatic heterocycles. The standard InChI is InChI=1S/C24H28N4O3/c1-2-3-13-25-14-16-31-18-9-7-17(8-10-18)26-24(30)22-20(29)12-11-19-23(22)27-21-6-4-5-15-28(19)21/h4-10,15,25,29H,2-3,11-14,16H2,1H3,(H,26,30). The van der Waals surface area contributed by atoms with Crippen LogP contribution in [-0.4, -0.2) is 40.1 Å². The summed E-state index contributed by atoms with van der Waals surface area (Å²) in [7, 11) is 0. The fourth-order valence-electron chi connectivity index (χ4n) is 3.72. The number of carbonyl (C=O) groups excluding carboxylic acids is 1. The Hall–Kier alpha value is -3.32. The molecule has 2 heterocycles. The molecule has 0 radical (unpaired) electrons. The van der Waals surface area contributed by atoms with Gasteiger partial charge in [0.15, 0.2) is 0 Å². The average molecular weight is 421 g/mol. The number of hydrogen-bond donors (Lipinski definition) is 3. The first kappa shape index (κ1) is 20.9. The number of amides is 1. The Bertz CT molecular complexity index is 1090. The first-order valence-electron chi connectivity index (χ1n) is 10.8. The number of anilines is 1. The fraction of sp³-hybridized carbons (Fsp3) is 0.333. The van der Waals surface area contributed by atoms with Gasteiger partial charge in [-0.1, -0.05) is 19.4 Å². The molecule has 0 saturated carbocycles. The topological polar surface area (TPSA) is 87.9 Å². The zero-order chi connectivity index (χ0) is 21.6. The SMILES string of the molecule is CCCCNCCOc1ccc(NC(=O)C2=C(O)CCc3c2nc2ccccn32)cc1. The summed E-state index contributed by atoms with van der Waals surface area (Å²) in [5.41, 5.74) is 3.12. The Morgan fingerprint density at radius 3 is 2.81 bits per heavy atom. The van der Waals surface area contributed by atoms with E-state index >= 15 is 0 Å². The maximum Gasteiger partial charge on any atom is 0.261 e. The summed E-state index contributed by atoms with van der Waals surface area (Å²) < 4.78 is 7.69. The molecule has 7 nitrogen and oxygen atoms in total. The Morgan fingerprint density at radius 1 is 1.16 bits per heavy atom. The molecule has 3 N–H and O–H groups in total. The maximum atomic E-state index is 13.0. The number of nitrogens with one attached hydrogen (secondary N) is 2. The Labute approximate surface area is 181 Å².